The number of anilines is 1. The summed E-state index contributed by atoms with van der Waals surface area (Å²) in [4.78, 5) is 2.28. The third kappa shape index (κ3) is 3.36. The topological polar surface area (TPSA) is 51.5 Å². The van der Waals surface area contributed by atoms with E-state index in [-0.39, 0.29) is 4.90 Å². The second-order valence-electron chi connectivity index (χ2n) is 6.98. The van der Waals surface area contributed by atoms with Crippen LogP contribution < -0.4 is 9.64 Å². The Labute approximate surface area is 170 Å². The molecule has 1 aromatic heterocycles. The Kier molecular flexibility index (Phi) is 4.80. The van der Waals surface area contributed by atoms with Crippen molar-refractivity contribution < 1.29 is 13.2 Å². The van der Waals surface area contributed by atoms with Gasteiger partial charge in [-0.05, 0) is 48.0 Å². The van der Waals surface area contributed by atoms with Crippen LogP contribution in [0.3, 0.4) is 0 Å². The summed E-state index contributed by atoms with van der Waals surface area (Å²) in [5, 5.41) is 0.821. The molecule has 0 unspecified atom stereocenters. The Morgan fingerprint density at radius 3 is 2.21 bits per heavy atom. The van der Waals surface area contributed by atoms with E-state index in [0.717, 1.165) is 22.2 Å². The fourth-order valence-corrected chi connectivity index (χ4v) is 4.77. The molecule has 0 aliphatic rings. The maximum atomic E-state index is 13.3. The number of hydrogen-bond donors (Lipinski definition) is 0. The molecule has 0 spiro atoms. The third-order valence-corrected chi connectivity index (χ3v) is 6.66. The predicted octanol–water partition coefficient (Wildman–Crippen LogP) is 4.62. The zero-order chi connectivity index (χ0) is 20.6. The molecule has 5 nitrogen and oxygen atoms in total. The lowest BCUT2D eigenvalue weighted by atomic mass is 10.0. The van der Waals surface area contributed by atoms with Crippen molar-refractivity contribution in [2.45, 2.75) is 4.90 Å². The van der Waals surface area contributed by atoms with Gasteiger partial charge in [-0.3, -0.25) is 0 Å². The SMILES string of the molecule is COc1ccc2c(c1)c(-c1ccc(N(C)C)cc1)cn2S(=O)(=O)c1ccccc1. The number of ether oxygens (including phenoxy) is 1. The number of benzene rings is 3. The molecular weight excluding hydrogens is 384 g/mol. The number of hydrogen-bond acceptors (Lipinski definition) is 4. The quantitative estimate of drug-likeness (QED) is 0.485. The summed E-state index contributed by atoms with van der Waals surface area (Å²) in [5.41, 5.74) is 3.47. The summed E-state index contributed by atoms with van der Waals surface area (Å²) < 4.78 is 33.4. The van der Waals surface area contributed by atoms with Gasteiger partial charge in [0.15, 0.2) is 0 Å². The van der Waals surface area contributed by atoms with Gasteiger partial charge in [-0.25, -0.2) is 12.4 Å². The van der Waals surface area contributed by atoms with Gasteiger partial charge < -0.3 is 9.64 Å². The Morgan fingerprint density at radius 2 is 1.59 bits per heavy atom. The number of rotatable bonds is 5. The minimum absolute atomic E-state index is 0.252. The van der Waals surface area contributed by atoms with E-state index in [0.29, 0.717) is 11.3 Å². The summed E-state index contributed by atoms with van der Waals surface area (Å²) in [6.07, 6.45) is 1.69. The van der Waals surface area contributed by atoms with Crippen LogP contribution in [0.4, 0.5) is 5.69 Å². The molecule has 6 heteroatoms. The summed E-state index contributed by atoms with van der Waals surface area (Å²) in [7, 11) is 1.84. The largest absolute Gasteiger partial charge is 0.497 e. The zero-order valence-corrected chi connectivity index (χ0v) is 17.3. The smallest absolute Gasteiger partial charge is 0.268 e. The first-order chi connectivity index (χ1) is 13.9. The molecule has 0 N–H and O–H groups in total. The first-order valence-electron chi connectivity index (χ1n) is 9.19. The van der Waals surface area contributed by atoms with E-state index in [2.05, 4.69) is 0 Å². The molecule has 4 rings (SSSR count). The fraction of sp³-hybridized carbons (Fsp3) is 0.130. The first-order valence-corrected chi connectivity index (χ1v) is 10.6. The van der Waals surface area contributed by atoms with Crippen molar-refractivity contribution in [1.82, 2.24) is 3.97 Å². The van der Waals surface area contributed by atoms with E-state index in [9.17, 15) is 8.42 Å². The van der Waals surface area contributed by atoms with Gasteiger partial charge in [0, 0.05) is 36.9 Å². The summed E-state index contributed by atoms with van der Waals surface area (Å²) >= 11 is 0. The molecule has 4 aromatic rings. The van der Waals surface area contributed by atoms with Gasteiger partial charge in [0.2, 0.25) is 0 Å². The molecule has 29 heavy (non-hydrogen) atoms. The first kappa shape index (κ1) is 19.1. The molecule has 0 amide bonds. The van der Waals surface area contributed by atoms with E-state index in [1.165, 1.54) is 3.97 Å². The molecule has 148 valence electrons. The van der Waals surface area contributed by atoms with Gasteiger partial charge in [-0.1, -0.05) is 30.3 Å². The van der Waals surface area contributed by atoms with E-state index >= 15 is 0 Å². The Bertz CT molecular complexity index is 1260. The zero-order valence-electron chi connectivity index (χ0n) is 16.5. The number of methoxy groups -OCH3 is 1. The summed E-state index contributed by atoms with van der Waals surface area (Å²) in [6, 6.07) is 21.9. The van der Waals surface area contributed by atoms with E-state index in [1.54, 1.807) is 55.8 Å². The minimum Gasteiger partial charge on any atom is -0.497 e. The maximum absolute atomic E-state index is 13.3. The van der Waals surface area contributed by atoms with Gasteiger partial charge in [-0.2, -0.15) is 0 Å². The molecule has 0 radical (unpaired) electrons. The molecule has 0 saturated heterocycles. The van der Waals surface area contributed by atoms with Gasteiger partial charge in [-0.15, -0.1) is 0 Å². The van der Waals surface area contributed by atoms with E-state index in [4.69, 9.17) is 4.74 Å². The number of aromatic nitrogens is 1. The third-order valence-electron chi connectivity index (χ3n) is 4.97. The van der Waals surface area contributed by atoms with E-state index < -0.39 is 10.0 Å². The van der Waals surface area contributed by atoms with Crippen LogP contribution in [-0.4, -0.2) is 33.6 Å². The fourth-order valence-electron chi connectivity index (χ4n) is 3.38. The number of nitrogens with zero attached hydrogens (tertiary/aromatic N) is 2. The lowest BCUT2D eigenvalue weighted by molar-refractivity contribution is 0.415. The second kappa shape index (κ2) is 7.29. The Morgan fingerprint density at radius 1 is 0.897 bits per heavy atom. The average Bonchev–Trinajstić information content (AvgIpc) is 3.14. The van der Waals surface area contributed by atoms with Crippen molar-refractivity contribution in [1.29, 1.82) is 0 Å². The van der Waals surface area contributed by atoms with Crippen LogP contribution in [0.2, 0.25) is 0 Å². The molecular formula is C23H22N2O3S. The highest BCUT2D eigenvalue weighted by Gasteiger charge is 2.22. The molecule has 3 aromatic carbocycles. The van der Waals surface area contributed by atoms with Crippen molar-refractivity contribution in [3.8, 4) is 16.9 Å². The normalized spacial score (nSPS) is 11.6. The highest BCUT2D eigenvalue weighted by Crippen LogP contribution is 2.35. The molecule has 0 fully saturated rings. The molecule has 0 bridgehead atoms. The van der Waals surface area contributed by atoms with Gasteiger partial charge in [0.1, 0.15) is 5.75 Å². The van der Waals surface area contributed by atoms with E-state index in [1.807, 2.05) is 49.3 Å². The predicted molar refractivity (Wildman–Crippen MR) is 117 cm³/mol. The second-order valence-corrected chi connectivity index (χ2v) is 8.80. The van der Waals surface area contributed by atoms with Crippen molar-refractivity contribution in [3.05, 3.63) is 79.0 Å². The monoisotopic (exact) mass is 406 g/mol. The van der Waals surface area contributed by atoms with Crippen molar-refractivity contribution in [3.63, 3.8) is 0 Å². The Hall–Kier alpha value is -3.25. The number of fused-ring (bicyclic) bond motifs is 1. The van der Waals surface area contributed by atoms with Crippen LogP contribution >= 0.6 is 0 Å². The minimum atomic E-state index is -3.73. The van der Waals surface area contributed by atoms with Crippen molar-refractivity contribution in [2.24, 2.45) is 0 Å². The van der Waals surface area contributed by atoms with Crippen LogP contribution in [0.25, 0.3) is 22.0 Å². The molecule has 0 aliphatic carbocycles. The molecule has 0 saturated carbocycles. The van der Waals surface area contributed by atoms with Gasteiger partial charge in [0.05, 0.1) is 17.5 Å². The van der Waals surface area contributed by atoms with Crippen LogP contribution in [0.5, 0.6) is 5.75 Å². The van der Waals surface area contributed by atoms with Crippen LogP contribution in [0, 0.1) is 0 Å². The Balaban J connectivity index is 1.96. The van der Waals surface area contributed by atoms with Crippen LogP contribution in [-0.2, 0) is 10.0 Å². The molecule has 0 aliphatic heterocycles. The summed E-state index contributed by atoms with van der Waals surface area (Å²) in [6.45, 7) is 0. The molecule has 1 heterocycles. The lowest BCUT2D eigenvalue weighted by Gasteiger charge is -2.12. The highest BCUT2D eigenvalue weighted by molar-refractivity contribution is 7.90. The van der Waals surface area contributed by atoms with Gasteiger partial charge in [0.25, 0.3) is 10.0 Å². The van der Waals surface area contributed by atoms with Crippen molar-refractivity contribution >= 4 is 26.6 Å². The lowest BCUT2D eigenvalue weighted by Crippen LogP contribution is -2.11. The maximum Gasteiger partial charge on any atom is 0.268 e. The van der Waals surface area contributed by atoms with Crippen molar-refractivity contribution in [2.75, 3.05) is 26.1 Å². The van der Waals surface area contributed by atoms with Crippen LogP contribution in [0.15, 0.2) is 83.9 Å². The van der Waals surface area contributed by atoms with Crippen LogP contribution in [0.1, 0.15) is 0 Å². The summed E-state index contributed by atoms with van der Waals surface area (Å²) in [5.74, 6) is 0.679. The average molecular weight is 407 g/mol. The molecule has 0 atom stereocenters. The van der Waals surface area contributed by atoms with Gasteiger partial charge >= 0.3 is 0 Å². The standard InChI is InChI=1S/C23H22N2O3S/c1-24(2)18-11-9-17(10-12-18)22-16-25(23-14-13-19(28-3)15-21(22)23)29(26,27)20-7-5-4-6-8-20/h4-16H,1-3H3. The highest BCUT2D eigenvalue weighted by atomic mass is 32.2.